The van der Waals surface area contributed by atoms with Crippen LogP contribution >= 0.6 is 0 Å². The fraction of sp³-hybridized carbons (Fsp3) is 0.615. The molecular weight excluding hydrogens is 220 g/mol. The molecule has 4 nitrogen and oxygen atoms in total. The van der Waals surface area contributed by atoms with E-state index in [4.69, 9.17) is 5.11 Å². The SMILES string of the molecule is O=C[C@@H]1CCC(=O)[C@@H]1CC=CCCCC(=O)O. The highest BCUT2D eigenvalue weighted by Gasteiger charge is 2.32. The standard InChI is InChI=1S/C13H18O4/c14-9-10-7-8-12(15)11(10)5-3-1-2-4-6-13(16)17/h1,3,9-11H,2,4-8H2,(H,16,17)/t10-,11+/m0/s1. The van der Waals surface area contributed by atoms with Crippen molar-refractivity contribution in [2.24, 2.45) is 11.8 Å². The molecule has 0 aliphatic heterocycles. The molecule has 0 aromatic heterocycles. The number of Topliss-reactive ketones (excluding diaryl/α,β-unsaturated/α-hetero) is 1. The lowest BCUT2D eigenvalue weighted by molar-refractivity contribution is -0.137. The Labute approximate surface area is 101 Å². The lowest BCUT2D eigenvalue weighted by atomic mass is 9.93. The second kappa shape index (κ2) is 6.99. The van der Waals surface area contributed by atoms with E-state index in [-0.39, 0.29) is 24.0 Å². The van der Waals surface area contributed by atoms with Gasteiger partial charge in [-0.05, 0) is 25.7 Å². The van der Waals surface area contributed by atoms with Gasteiger partial charge in [-0.25, -0.2) is 0 Å². The van der Waals surface area contributed by atoms with Crippen LogP contribution in [0.1, 0.15) is 38.5 Å². The van der Waals surface area contributed by atoms with Crippen LogP contribution in [-0.4, -0.2) is 23.1 Å². The van der Waals surface area contributed by atoms with Gasteiger partial charge in [-0.3, -0.25) is 9.59 Å². The number of unbranched alkanes of at least 4 members (excludes halogenated alkanes) is 1. The third-order valence-corrected chi connectivity index (χ3v) is 3.15. The summed E-state index contributed by atoms with van der Waals surface area (Å²) in [7, 11) is 0. The van der Waals surface area contributed by atoms with Crippen molar-refractivity contribution < 1.29 is 19.5 Å². The highest BCUT2D eigenvalue weighted by molar-refractivity contribution is 5.87. The zero-order valence-corrected chi connectivity index (χ0v) is 9.80. The zero-order valence-electron chi connectivity index (χ0n) is 9.80. The van der Waals surface area contributed by atoms with Crippen LogP contribution in [0.3, 0.4) is 0 Å². The molecule has 0 unspecified atom stereocenters. The van der Waals surface area contributed by atoms with Gasteiger partial charge in [-0.15, -0.1) is 0 Å². The third-order valence-electron chi connectivity index (χ3n) is 3.15. The summed E-state index contributed by atoms with van der Waals surface area (Å²) in [6.45, 7) is 0. The van der Waals surface area contributed by atoms with E-state index >= 15 is 0 Å². The summed E-state index contributed by atoms with van der Waals surface area (Å²) in [6, 6.07) is 0. The number of carbonyl (C=O) groups excluding carboxylic acids is 2. The van der Waals surface area contributed by atoms with Gasteiger partial charge in [0, 0.05) is 24.7 Å². The predicted octanol–water partition coefficient (Wildman–Crippen LogP) is 1.98. The molecule has 1 saturated carbocycles. The zero-order chi connectivity index (χ0) is 12.7. The maximum atomic E-state index is 11.5. The second-order valence-corrected chi connectivity index (χ2v) is 4.40. The number of hydrogen-bond acceptors (Lipinski definition) is 3. The molecular formula is C13H18O4. The topological polar surface area (TPSA) is 71.4 Å². The Morgan fingerprint density at radius 1 is 1.41 bits per heavy atom. The molecule has 0 heterocycles. The van der Waals surface area contributed by atoms with Gasteiger partial charge >= 0.3 is 5.97 Å². The van der Waals surface area contributed by atoms with E-state index in [2.05, 4.69) is 0 Å². The number of aliphatic carboxylic acids is 1. The Morgan fingerprint density at radius 3 is 2.82 bits per heavy atom. The first kappa shape index (κ1) is 13.6. The summed E-state index contributed by atoms with van der Waals surface area (Å²) in [5, 5.41) is 8.44. The van der Waals surface area contributed by atoms with Crippen LogP contribution in [0.15, 0.2) is 12.2 Å². The molecule has 2 atom stereocenters. The maximum absolute atomic E-state index is 11.5. The van der Waals surface area contributed by atoms with Gasteiger partial charge in [0.15, 0.2) is 0 Å². The first-order valence-electron chi connectivity index (χ1n) is 6.00. The van der Waals surface area contributed by atoms with Crippen molar-refractivity contribution in [1.82, 2.24) is 0 Å². The molecule has 1 aliphatic carbocycles. The number of carboxylic acid groups (broad SMARTS) is 1. The van der Waals surface area contributed by atoms with E-state index in [9.17, 15) is 14.4 Å². The van der Waals surface area contributed by atoms with Crippen molar-refractivity contribution in [3.05, 3.63) is 12.2 Å². The number of rotatable bonds is 7. The Hall–Kier alpha value is -1.45. The molecule has 17 heavy (non-hydrogen) atoms. The van der Waals surface area contributed by atoms with E-state index in [0.717, 1.165) is 6.29 Å². The molecule has 0 radical (unpaired) electrons. The fourth-order valence-electron chi connectivity index (χ4n) is 2.14. The largest absolute Gasteiger partial charge is 0.481 e. The van der Waals surface area contributed by atoms with Crippen LogP contribution in [0.5, 0.6) is 0 Å². The number of carboxylic acids is 1. The molecule has 1 N–H and O–H groups in total. The van der Waals surface area contributed by atoms with E-state index < -0.39 is 5.97 Å². The second-order valence-electron chi connectivity index (χ2n) is 4.40. The van der Waals surface area contributed by atoms with Crippen molar-refractivity contribution in [3.8, 4) is 0 Å². The summed E-state index contributed by atoms with van der Waals surface area (Å²) in [5.41, 5.74) is 0. The summed E-state index contributed by atoms with van der Waals surface area (Å²) in [4.78, 5) is 32.5. The third kappa shape index (κ3) is 4.51. The molecule has 0 spiro atoms. The Morgan fingerprint density at radius 2 is 2.18 bits per heavy atom. The minimum Gasteiger partial charge on any atom is -0.481 e. The number of hydrogen-bond donors (Lipinski definition) is 1. The van der Waals surface area contributed by atoms with Gasteiger partial charge in [0.1, 0.15) is 12.1 Å². The van der Waals surface area contributed by atoms with Crippen LogP contribution in [0.2, 0.25) is 0 Å². The van der Waals surface area contributed by atoms with Gasteiger partial charge < -0.3 is 9.90 Å². The normalized spacial score (nSPS) is 24.4. The molecule has 1 fully saturated rings. The quantitative estimate of drug-likeness (QED) is 0.418. The van der Waals surface area contributed by atoms with Crippen LogP contribution in [0, 0.1) is 11.8 Å². The first-order valence-corrected chi connectivity index (χ1v) is 6.00. The van der Waals surface area contributed by atoms with Crippen molar-refractivity contribution in [2.45, 2.75) is 38.5 Å². The number of ketones is 1. The van der Waals surface area contributed by atoms with Crippen LogP contribution < -0.4 is 0 Å². The number of allylic oxidation sites excluding steroid dienone is 2. The molecule has 0 aromatic carbocycles. The Kier molecular flexibility index (Phi) is 5.60. The molecule has 1 aliphatic rings. The van der Waals surface area contributed by atoms with Crippen molar-refractivity contribution in [3.63, 3.8) is 0 Å². The maximum Gasteiger partial charge on any atom is 0.303 e. The van der Waals surface area contributed by atoms with E-state index in [1.807, 2.05) is 12.2 Å². The number of aldehydes is 1. The molecule has 0 amide bonds. The van der Waals surface area contributed by atoms with Gasteiger partial charge in [0.05, 0.1) is 0 Å². The lowest BCUT2D eigenvalue weighted by Gasteiger charge is -2.09. The molecule has 1 rings (SSSR count). The van der Waals surface area contributed by atoms with E-state index in [1.54, 1.807) is 0 Å². The highest BCUT2D eigenvalue weighted by Crippen LogP contribution is 2.29. The summed E-state index contributed by atoms with van der Waals surface area (Å²) in [6.07, 6.45) is 7.97. The van der Waals surface area contributed by atoms with Crippen LogP contribution in [0.4, 0.5) is 0 Å². The molecule has 94 valence electrons. The first-order chi connectivity index (χ1) is 8.15. The molecule has 0 aromatic rings. The Bertz CT molecular complexity index is 319. The van der Waals surface area contributed by atoms with Crippen molar-refractivity contribution in [1.29, 1.82) is 0 Å². The minimum atomic E-state index is -0.787. The fourth-order valence-corrected chi connectivity index (χ4v) is 2.14. The monoisotopic (exact) mass is 238 g/mol. The smallest absolute Gasteiger partial charge is 0.303 e. The molecule has 4 heteroatoms. The summed E-state index contributed by atoms with van der Waals surface area (Å²) >= 11 is 0. The summed E-state index contributed by atoms with van der Waals surface area (Å²) in [5.74, 6) is -0.878. The molecule has 0 saturated heterocycles. The number of carbonyl (C=O) groups is 3. The van der Waals surface area contributed by atoms with Crippen LogP contribution in [0.25, 0.3) is 0 Å². The van der Waals surface area contributed by atoms with Crippen molar-refractivity contribution >= 4 is 18.0 Å². The highest BCUT2D eigenvalue weighted by atomic mass is 16.4. The Balaban J connectivity index is 2.24. The van der Waals surface area contributed by atoms with Crippen molar-refractivity contribution in [2.75, 3.05) is 0 Å². The lowest BCUT2D eigenvalue weighted by Crippen LogP contribution is -2.14. The molecule has 0 bridgehead atoms. The van der Waals surface area contributed by atoms with E-state index in [0.29, 0.717) is 32.1 Å². The predicted molar refractivity (Wildman–Crippen MR) is 62.5 cm³/mol. The summed E-state index contributed by atoms with van der Waals surface area (Å²) < 4.78 is 0. The minimum absolute atomic E-state index is 0.119. The van der Waals surface area contributed by atoms with Gasteiger partial charge in [-0.1, -0.05) is 12.2 Å². The van der Waals surface area contributed by atoms with Gasteiger partial charge in [0.25, 0.3) is 0 Å². The van der Waals surface area contributed by atoms with Gasteiger partial charge in [-0.2, -0.15) is 0 Å². The van der Waals surface area contributed by atoms with Gasteiger partial charge in [0.2, 0.25) is 0 Å². The van der Waals surface area contributed by atoms with E-state index in [1.165, 1.54) is 0 Å². The van der Waals surface area contributed by atoms with Crippen LogP contribution in [-0.2, 0) is 14.4 Å². The average molecular weight is 238 g/mol. The average Bonchev–Trinajstić information content (AvgIpc) is 2.64.